The molecule has 0 atom stereocenters. The van der Waals surface area contributed by atoms with E-state index in [9.17, 15) is 4.79 Å². The highest BCUT2D eigenvalue weighted by molar-refractivity contribution is 8.00. The molecule has 0 aliphatic rings. The van der Waals surface area contributed by atoms with Crippen LogP contribution in [-0.2, 0) is 4.84 Å². The molecule has 0 aromatic heterocycles. The van der Waals surface area contributed by atoms with Gasteiger partial charge in [-0.05, 0) is 20.1 Å². The number of halogens is 1. The van der Waals surface area contributed by atoms with E-state index in [0.29, 0.717) is 0 Å². The molecule has 8 heteroatoms. The molecule has 0 saturated heterocycles. The van der Waals surface area contributed by atoms with Gasteiger partial charge in [-0.1, -0.05) is 5.16 Å². The van der Waals surface area contributed by atoms with E-state index >= 15 is 0 Å². The van der Waals surface area contributed by atoms with Gasteiger partial charge in [-0.2, -0.15) is 11.8 Å². The number of nitrogens with zero attached hydrogens (tertiary/aromatic N) is 2. The Morgan fingerprint density at radius 1 is 1.45 bits per heavy atom. The van der Waals surface area contributed by atoms with Crippen molar-refractivity contribution in [3.63, 3.8) is 0 Å². The highest BCUT2D eigenvalue weighted by Gasteiger charge is 2.12. The topological polar surface area (TPSA) is 70.9 Å². The summed E-state index contributed by atoms with van der Waals surface area (Å²) in [4.78, 5) is 15.0. The average molecular weight is 330 g/mol. The predicted octanol–water partition coefficient (Wildman–Crippen LogP) is -1.84. The monoisotopic (exact) mass is 329 g/mol. The third-order valence-corrected chi connectivity index (χ3v) is 3.16. The second-order valence-electron chi connectivity index (χ2n) is 5.41. The Labute approximate surface area is 132 Å². The molecule has 122 valence electrons. The van der Waals surface area contributed by atoms with Gasteiger partial charge in [0, 0.05) is 11.8 Å². The normalized spacial score (nSPS) is 11.2. The third-order valence-electron chi connectivity index (χ3n) is 2.00. The number of carbonyl (C=O) groups excluding carboxylic acids is 1. The molecule has 0 aliphatic heterocycles. The standard InChI is InChI=1S/C7H14N2O2S.C5H14NO.ClH/c1-7(2,12-4)5-9-11-6(10)8-3;1-6(2,3)4-5-7;/h5H,1-4H3,(H,8,10);7H,4-5H2,1-3H3;1H/q;+1;/p-1/b9-5+;;. The first-order valence-electron chi connectivity index (χ1n) is 5.97. The summed E-state index contributed by atoms with van der Waals surface area (Å²) >= 11 is 1.63. The average Bonchev–Trinajstić information content (AvgIpc) is 2.28. The molecule has 0 heterocycles. The van der Waals surface area contributed by atoms with Crippen molar-refractivity contribution in [1.82, 2.24) is 5.32 Å². The minimum Gasteiger partial charge on any atom is -1.00 e. The molecule has 0 unspecified atom stereocenters. The summed E-state index contributed by atoms with van der Waals surface area (Å²) in [6.45, 7) is 5.08. The summed E-state index contributed by atoms with van der Waals surface area (Å²) in [6, 6.07) is 0. The Bertz CT molecular complexity index is 282. The SMILES string of the molecule is CNC(=O)O/N=C/C(C)(C)SC.C[N+](C)(C)CCO.[Cl-]. The molecule has 2 N–H and O–H groups in total. The van der Waals surface area contributed by atoms with Crippen molar-refractivity contribution >= 4 is 24.1 Å². The summed E-state index contributed by atoms with van der Waals surface area (Å²) in [5.41, 5.74) is 0. The molecule has 0 fully saturated rings. The fraction of sp³-hybridized carbons (Fsp3) is 0.833. The van der Waals surface area contributed by atoms with Gasteiger partial charge in [-0.3, -0.25) is 4.84 Å². The van der Waals surface area contributed by atoms with Crippen LogP contribution < -0.4 is 17.7 Å². The smallest absolute Gasteiger partial charge is 0.433 e. The van der Waals surface area contributed by atoms with Gasteiger partial charge in [0.1, 0.15) is 6.54 Å². The highest BCUT2D eigenvalue weighted by atomic mass is 35.5. The molecular weight excluding hydrogens is 302 g/mol. The van der Waals surface area contributed by atoms with Crippen LogP contribution in [0.5, 0.6) is 0 Å². The molecule has 0 bridgehead atoms. The quantitative estimate of drug-likeness (QED) is 0.269. The summed E-state index contributed by atoms with van der Waals surface area (Å²) in [5, 5.41) is 14.2. The van der Waals surface area contributed by atoms with Gasteiger partial charge in [0.05, 0.1) is 34.0 Å². The van der Waals surface area contributed by atoms with Crippen molar-refractivity contribution in [3.8, 4) is 0 Å². The molecular formula is C12H28ClN3O3S. The van der Waals surface area contributed by atoms with E-state index in [-0.39, 0.29) is 23.8 Å². The van der Waals surface area contributed by atoms with Gasteiger partial charge in [-0.25, -0.2) is 4.79 Å². The lowest BCUT2D eigenvalue weighted by atomic mass is 10.2. The van der Waals surface area contributed by atoms with Crippen molar-refractivity contribution in [2.45, 2.75) is 18.6 Å². The van der Waals surface area contributed by atoms with E-state index in [4.69, 9.17) is 5.11 Å². The molecule has 0 aromatic carbocycles. The number of aliphatic hydroxyl groups excluding tert-OH is 1. The first kappa shape index (κ1) is 24.5. The number of aliphatic hydroxyl groups is 1. The zero-order valence-corrected chi connectivity index (χ0v) is 15.0. The van der Waals surface area contributed by atoms with Crippen molar-refractivity contribution in [2.75, 3.05) is 47.6 Å². The highest BCUT2D eigenvalue weighted by Crippen LogP contribution is 2.17. The van der Waals surface area contributed by atoms with E-state index < -0.39 is 6.09 Å². The van der Waals surface area contributed by atoms with Gasteiger partial charge in [-0.15, -0.1) is 0 Å². The Balaban J connectivity index is -0.000000312. The number of carbonyl (C=O) groups is 1. The number of likely N-dealkylation sites (N-methyl/N-ethyl adjacent to an activating group) is 1. The Morgan fingerprint density at radius 3 is 2.20 bits per heavy atom. The van der Waals surface area contributed by atoms with Gasteiger partial charge in [0.2, 0.25) is 0 Å². The lowest BCUT2D eigenvalue weighted by Crippen LogP contribution is -3.00. The number of thioether (sulfide) groups is 1. The number of hydrogen-bond donors (Lipinski definition) is 2. The summed E-state index contributed by atoms with van der Waals surface area (Å²) in [7, 11) is 7.64. The number of quaternary nitrogens is 1. The minimum atomic E-state index is -0.553. The van der Waals surface area contributed by atoms with Crippen LogP contribution in [-0.4, -0.2) is 74.2 Å². The van der Waals surface area contributed by atoms with Gasteiger partial charge in [0.25, 0.3) is 0 Å². The molecule has 0 spiro atoms. The first-order valence-corrected chi connectivity index (χ1v) is 7.20. The van der Waals surface area contributed by atoms with Crippen molar-refractivity contribution in [1.29, 1.82) is 0 Å². The van der Waals surface area contributed by atoms with Crippen LogP contribution >= 0.6 is 11.8 Å². The van der Waals surface area contributed by atoms with Crippen LogP contribution in [0.25, 0.3) is 0 Å². The number of amides is 1. The van der Waals surface area contributed by atoms with E-state index in [0.717, 1.165) is 11.0 Å². The molecule has 0 aromatic rings. The third kappa shape index (κ3) is 19.8. The van der Waals surface area contributed by atoms with Crippen molar-refractivity contribution < 1.29 is 31.6 Å². The Kier molecular flexibility index (Phi) is 15.0. The maximum atomic E-state index is 10.5. The van der Waals surface area contributed by atoms with Gasteiger partial charge in [0.15, 0.2) is 0 Å². The Morgan fingerprint density at radius 2 is 1.95 bits per heavy atom. The van der Waals surface area contributed by atoms with Gasteiger partial charge < -0.3 is 27.3 Å². The number of rotatable bonds is 5. The number of nitrogens with one attached hydrogen (secondary N) is 1. The molecule has 6 nitrogen and oxygen atoms in total. The van der Waals surface area contributed by atoms with Gasteiger partial charge >= 0.3 is 6.09 Å². The predicted molar refractivity (Wildman–Crippen MR) is 81.6 cm³/mol. The first-order chi connectivity index (χ1) is 8.58. The van der Waals surface area contributed by atoms with Crippen LogP contribution in [0, 0.1) is 0 Å². The van der Waals surface area contributed by atoms with Crippen LogP contribution in [0.4, 0.5) is 4.79 Å². The van der Waals surface area contributed by atoms with E-state index in [1.807, 2.05) is 20.1 Å². The molecule has 0 saturated carbocycles. The van der Waals surface area contributed by atoms with Crippen molar-refractivity contribution in [2.24, 2.45) is 5.16 Å². The second kappa shape index (κ2) is 12.3. The van der Waals surface area contributed by atoms with E-state index in [1.54, 1.807) is 18.0 Å². The largest absolute Gasteiger partial charge is 1.00 e. The number of hydrogen-bond acceptors (Lipinski definition) is 5. The molecule has 20 heavy (non-hydrogen) atoms. The zero-order valence-electron chi connectivity index (χ0n) is 13.4. The fourth-order valence-corrected chi connectivity index (χ4v) is 0.748. The summed E-state index contributed by atoms with van der Waals surface area (Å²) < 4.78 is 0.741. The molecule has 0 rings (SSSR count). The van der Waals surface area contributed by atoms with E-state index in [1.165, 1.54) is 7.05 Å². The lowest BCUT2D eigenvalue weighted by Gasteiger charge is -2.21. The molecule has 0 radical (unpaired) electrons. The molecule has 0 aliphatic carbocycles. The van der Waals surface area contributed by atoms with E-state index in [2.05, 4.69) is 36.5 Å². The minimum absolute atomic E-state index is 0. The lowest BCUT2D eigenvalue weighted by molar-refractivity contribution is -0.870. The fourth-order valence-electron chi connectivity index (χ4n) is 0.599. The Hall–Kier alpha value is -0.500. The van der Waals surface area contributed by atoms with Crippen LogP contribution in [0.3, 0.4) is 0 Å². The summed E-state index contributed by atoms with van der Waals surface area (Å²) in [6.07, 6.45) is 3.00. The van der Waals surface area contributed by atoms with Crippen LogP contribution in [0.1, 0.15) is 13.8 Å². The summed E-state index contributed by atoms with van der Waals surface area (Å²) in [5.74, 6) is 0. The maximum Gasteiger partial charge on any atom is 0.433 e. The molecule has 1 amide bonds. The maximum absolute atomic E-state index is 10.5. The second-order valence-corrected chi connectivity index (χ2v) is 6.87. The van der Waals surface area contributed by atoms with Crippen LogP contribution in [0.2, 0.25) is 0 Å². The van der Waals surface area contributed by atoms with Crippen LogP contribution in [0.15, 0.2) is 5.16 Å². The van der Waals surface area contributed by atoms with Crippen molar-refractivity contribution in [3.05, 3.63) is 0 Å². The zero-order chi connectivity index (χ0) is 15.5. The number of oxime groups is 1.